The van der Waals surface area contributed by atoms with Crippen molar-refractivity contribution in [2.45, 2.75) is 58.5 Å². The third kappa shape index (κ3) is 2.74. The number of carbonyl (C=O) groups is 1. The molecular weight excluding hydrogens is 274 g/mol. The van der Waals surface area contributed by atoms with E-state index in [9.17, 15) is 4.79 Å². The molecule has 2 aromatic rings. The second kappa shape index (κ2) is 6.51. The lowest BCUT2D eigenvalue weighted by atomic mass is 10.00. The molecule has 1 fully saturated rings. The highest BCUT2D eigenvalue weighted by molar-refractivity contribution is 5.81. The van der Waals surface area contributed by atoms with Crippen LogP contribution >= 0.6 is 0 Å². The number of benzene rings is 1. The van der Waals surface area contributed by atoms with Crippen molar-refractivity contribution in [3.05, 3.63) is 30.1 Å². The summed E-state index contributed by atoms with van der Waals surface area (Å²) in [7, 11) is 0. The first kappa shape index (κ1) is 15.1. The zero-order valence-electron chi connectivity index (χ0n) is 13.6. The van der Waals surface area contributed by atoms with Gasteiger partial charge in [-0.1, -0.05) is 26.0 Å². The van der Waals surface area contributed by atoms with E-state index in [1.54, 1.807) is 0 Å². The van der Waals surface area contributed by atoms with Gasteiger partial charge in [-0.2, -0.15) is 0 Å². The van der Waals surface area contributed by atoms with Crippen LogP contribution in [0.5, 0.6) is 0 Å². The highest BCUT2D eigenvalue weighted by atomic mass is 16.2. The standard InChI is InChI=1S/C18H25N3O/c1-3-14-9-7-8-12-20(14)18(22)13-21-16-11-6-5-10-15(16)19-17(21)4-2/h5-6,10-11,14H,3-4,7-9,12-13H2,1-2H3. The second-order valence-electron chi connectivity index (χ2n) is 6.10. The van der Waals surface area contributed by atoms with Crippen LogP contribution in [-0.2, 0) is 17.8 Å². The van der Waals surface area contributed by atoms with Gasteiger partial charge in [-0.25, -0.2) is 4.98 Å². The van der Waals surface area contributed by atoms with Crippen LogP contribution in [0.25, 0.3) is 11.0 Å². The van der Waals surface area contributed by atoms with Crippen molar-refractivity contribution in [2.75, 3.05) is 6.54 Å². The molecule has 1 aromatic carbocycles. The summed E-state index contributed by atoms with van der Waals surface area (Å²) >= 11 is 0. The van der Waals surface area contributed by atoms with Gasteiger partial charge in [0.25, 0.3) is 0 Å². The SMILES string of the molecule is CCc1nc2ccccc2n1CC(=O)N1CCCCC1CC. The van der Waals surface area contributed by atoms with E-state index in [0.717, 1.165) is 49.1 Å². The van der Waals surface area contributed by atoms with E-state index >= 15 is 0 Å². The van der Waals surface area contributed by atoms with Gasteiger partial charge in [-0.15, -0.1) is 0 Å². The summed E-state index contributed by atoms with van der Waals surface area (Å²) in [5.74, 6) is 1.24. The summed E-state index contributed by atoms with van der Waals surface area (Å²) in [5.41, 5.74) is 2.05. The van der Waals surface area contributed by atoms with E-state index in [1.165, 1.54) is 6.42 Å². The van der Waals surface area contributed by atoms with Gasteiger partial charge in [-0.3, -0.25) is 4.79 Å². The van der Waals surface area contributed by atoms with Crippen molar-refractivity contribution >= 4 is 16.9 Å². The first-order valence-electron chi connectivity index (χ1n) is 8.48. The number of hydrogen-bond donors (Lipinski definition) is 0. The summed E-state index contributed by atoms with van der Waals surface area (Å²) in [6, 6.07) is 8.51. The number of rotatable bonds is 4. The van der Waals surface area contributed by atoms with Crippen LogP contribution in [0.1, 0.15) is 45.4 Å². The van der Waals surface area contributed by atoms with Gasteiger partial charge in [0.2, 0.25) is 5.91 Å². The fourth-order valence-corrected chi connectivity index (χ4v) is 3.55. The molecule has 0 radical (unpaired) electrons. The zero-order valence-corrected chi connectivity index (χ0v) is 13.6. The molecule has 4 nitrogen and oxygen atoms in total. The number of piperidine rings is 1. The van der Waals surface area contributed by atoms with Gasteiger partial charge in [-0.05, 0) is 37.8 Å². The Morgan fingerprint density at radius 3 is 2.86 bits per heavy atom. The zero-order chi connectivity index (χ0) is 15.5. The minimum atomic E-state index is 0.240. The third-order valence-corrected chi connectivity index (χ3v) is 4.76. The Bertz CT molecular complexity index is 661. The Kier molecular flexibility index (Phi) is 4.46. The van der Waals surface area contributed by atoms with Gasteiger partial charge in [0, 0.05) is 19.0 Å². The number of likely N-dealkylation sites (tertiary alicyclic amines) is 1. The van der Waals surface area contributed by atoms with E-state index in [-0.39, 0.29) is 5.91 Å². The molecule has 118 valence electrons. The molecular formula is C18H25N3O. The van der Waals surface area contributed by atoms with Crippen LogP contribution in [-0.4, -0.2) is 32.9 Å². The van der Waals surface area contributed by atoms with Crippen LogP contribution in [0.2, 0.25) is 0 Å². The molecule has 1 atom stereocenters. The van der Waals surface area contributed by atoms with Crippen LogP contribution in [0, 0.1) is 0 Å². The number of imidazole rings is 1. The molecule has 0 bridgehead atoms. The molecule has 3 rings (SSSR count). The molecule has 1 unspecified atom stereocenters. The maximum atomic E-state index is 12.8. The topological polar surface area (TPSA) is 38.1 Å². The molecule has 1 aliphatic rings. The Morgan fingerprint density at radius 1 is 1.27 bits per heavy atom. The summed E-state index contributed by atoms with van der Waals surface area (Å²) < 4.78 is 2.10. The van der Waals surface area contributed by atoms with E-state index in [4.69, 9.17) is 0 Å². The molecule has 0 aliphatic carbocycles. The molecule has 0 spiro atoms. The Hall–Kier alpha value is -1.84. The molecule has 2 heterocycles. The Morgan fingerprint density at radius 2 is 2.09 bits per heavy atom. The Balaban J connectivity index is 1.87. The second-order valence-corrected chi connectivity index (χ2v) is 6.10. The lowest BCUT2D eigenvalue weighted by Gasteiger charge is -2.35. The first-order chi connectivity index (χ1) is 10.7. The van der Waals surface area contributed by atoms with Crippen LogP contribution in [0.15, 0.2) is 24.3 Å². The minimum Gasteiger partial charge on any atom is -0.338 e. The van der Waals surface area contributed by atoms with Crippen molar-refractivity contribution in [3.63, 3.8) is 0 Å². The lowest BCUT2D eigenvalue weighted by Crippen LogP contribution is -2.44. The number of para-hydroxylation sites is 2. The van der Waals surface area contributed by atoms with Crippen molar-refractivity contribution in [1.82, 2.24) is 14.5 Å². The lowest BCUT2D eigenvalue weighted by molar-refractivity contribution is -0.135. The highest BCUT2D eigenvalue weighted by Crippen LogP contribution is 2.22. The first-order valence-corrected chi connectivity index (χ1v) is 8.48. The largest absolute Gasteiger partial charge is 0.338 e. The maximum Gasteiger partial charge on any atom is 0.242 e. The quantitative estimate of drug-likeness (QED) is 0.868. The van der Waals surface area contributed by atoms with Crippen LogP contribution in [0.4, 0.5) is 0 Å². The molecule has 1 saturated heterocycles. The van der Waals surface area contributed by atoms with E-state index in [1.807, 2.05) is 18.2 Å². The average Bonchev–Trinajstić information content (AvgIpc) is 2.92. The summed E-state index contributed by atoms with van der Waals surface area (Å²) in [4.78, 5) is 19.6. The van der Waals surface area contributed by atoms with Crippen LogP contribution in [0.3, 0.4) is 0 Å². The number of nitrogens with zero attached hydrogens (tertiary/aromatic N) is 3. The van der Waals surface area contributed by atoms with Crippen molar-refractivity contribution < 1.29 is 4.79 Å². The van der Waals surface area contributed by atoms with Crippen LogP contribution < -0.4 is 0 Å². The smallest absolute Gasteiger partial charge is 0.242 e. The summed E-state index contributed by atoms with van der Waals surface area (Å²) in [6.45, 7) is 5.60. The molecule has 1 aromatic heterocycles. The number of aryl methyl sites for hydroxylation is 1. The fraction of sp³-hybridized carbons (Fsp3) is 0.556. The predicted molar refractivity (Wildman–Crippen MR) is 88.8 cm³/mol. The van der Waals surface area contributed by atoms with Crippen molar-refractivity contribution in [3.8, 4) is 0 Å². The number of hydrogen-bond acceptors (Lipinski definition) is 2. The summed E-state index contributed by atoms with van der Waals surface area (Å²) in [6.07, 6.45) is 5.42. The fourth-order valence-electron chi connectivity index (χ4n) is 3.55. The minimum absolute atomic E-state index is 0.240. The third-order valence-electron chi connectivity index (χ3n) is 4.76. The average molecular weight is 299 g/mol. The monoisotopic (exact) mass is 299 g/mol. The van der Waals surface area contributed by atoms with Gasteiger partial charge in [0.15, 0.2) is 0 Å². The molecule has 0 saturated carbocycles. The highest BCUT2D eigenvalue weighted by Gasteiger charge is 2.26. The number of carbonyl (C=O) groups excluding carboxylic acids is 1. The van der Waals surface area contributed by atoms with Crippen molar-refractivity contribution in [2.24, 2.45) is 0 Å². The number of aromatic nitrogens is 2. The Labute approximate surface area is 132 Å². The molecule has 4 heteroatoms. The summed E-state index contributed by atoms with van der Waals surface area (Å²) in [5, 5.41) is 0. The van der Waals surface area contributed by atoms with Gasteiger partial charge < -0.3 is 9.47 Å². The van der Waals surface area contributed by atoms with E-state index in [2.05, 4.69) is 34.4 Å². The molecule has 1 aliphatic heterocycles. The predicted octanol–water partition coefficient (Wildman–Crippen LogP) is 3.39. The molecule has 0 N–H and O–H groups in total. The van der Waals surface area contributed by atoms with Gasteiger partial charge >= 0.3 is 0 Å². The van der Waals surface area contributed by atoms with E-state index in [0.29, 0.717) is 12.6 Å². The molecule has 1 amide bonds. The van der Waals surface area contributed by atoms with Crippen molar-refractivity contribution in [1.29, 1.82) is 0 Å². The number of amides is 1. The number of fused-ring (bicyclic) bond motifs is 1. The van der Waals surface area contributed by atoms with Gasteiger partial charge in [0.1, 0.15) is 12.4 Å². The maximum absolute atomic E-state index is 12.8. The molecule has 22 heavy (non-hydrogen) atoms. The normalized spacial score (nSPS) is 18.8. The van der Waals surface area contributed by atoms with E-state index < -0.39 is 0 Å². The van der Waals surface area contributed by atoms with Gasteiger partial charge in [0.05, 0.1) is 11.0 Å².